The van der Waals surface area contributed by atoms with Crippen molar-refractivity contribution in [3.05, 3.63) is 35.4 Å². The van der Waals surface area contributed by atoms with Gasteiger partial charge in [-0.1, -0.05) is 18.2 Å². The number of hydrogen-bond donors (Lipinski definition) is 0. The van der Waals surface area contributed by atoms with Crippen LogP contribution in [-0.4, -0.2) is 54.8 Å². The van der Waals surface area contributed by atoms with E-state index in [-0.39, 0.29) is 16.5 Å². The molecule has 0 fully saturated rings. The maximum atomic E-state index is 12.2. The predicted octanol–water partition coefficient (Wildman–Crippen LogP) is 3.79. The fourth-order valence-corrected chi connectivity index (χ4v) is 5.00. The van der Waals surface area contributed by atoms with Crippen LogP contribution in [0, 0.1) is 0 Å². The average Bonchev–Trinajstić information content (AvgIpc) is 2.67. The number of carbonyl (C=O) groups is 3. The monoisotopic (exact) mass is 397 g/mol. The van der Waals surface area contributed by atoms with Crippen molar-refractivity contribution in [1.29, 1.82) is 0 Å². The Labute approximate surface area is 164 Å². The van der Waals surface area contributed by atoms with E-state index in [4.69, 9.17) is 0 Å². The zero-order valence-corrected chi connectivity index (χ0v) is 17.2. The van der Waals surface area contributed by atoms with Crippen LogP contribution in [0.2, 0.25) is 0 Å². The van der Waals surface area contributed by atoms with Crippen LogP contribution in [0.5, 0.6) is 0 Å². The molecule has 144 valence electrons. The van der Waals surface area contributed by atoms with Gasteiger partial charge in [0, 0.05) is 36.6 Å². The summed E-state index contributed by atoms with van der Waals surface area (Å²) in [6, 6.07) is 7.46. The second-order valence-electron chi connectivity index (χ2n) is 5.50. The minimum Gasteiger partial charge on any atom is -0.469 e. The molecule has 1 rings (SSSR count). The number of benzene rings is 1. The second kappa shape index (κ2) is 12.8. The van der Waals surface area contributed by atoms with Crippen LogP contribution >= 0.6 is 23.5 Å². The number of rotatable bonds is 12. The van der Waals surface area contributed by atoms with Gasteiger partial charge in [0.25, 0.3) is 0 Å². The van der Waals surface area contributed by atoms with Gasteiger partial charge in [0.2, 0.25) is 5.91 Å². The molecule has 1 unspecified atom stereocenters. The van der Waals surface area contributed by atoms with Crippen molar-refractivity contribution in [2.75, 3.05) is 31.7 Å². The molecule has 0 aromatic heterocycles. The highest BCUT2D eigenvalue weighted by Gasteiger charge is 2.16. The van der Waals surface area contributed by atoms with Gasteiger partial charge in [0.05, 0.1) is 18.1 Å². The number of methoxy groups -OCH3 is 1. The molecule has 1 aromatic carbocycles. The SMILES string of the molecule is CCN(CC)C(=O)CCSC(SCCC(=O)OC)c1cccc(C=O)c1. The molecule has 0 aliphatic heterocycles. The Morgan fingerprint density at radius 1 is 1.15 bits per heavy atom. The maximum Gasteiger partial charge on any atom is 0.306 e. The van der Waals surface area contributed by atoms with Crippen molar-refractivity contribution >= 4 is 41.7 Å². The molecule has 0 radical (unpaired) electrons. The summed E-state index contributed by atoms with van der Waals surface area (Å²) in [5.41, 5.74) is 1.64. The lowest BCUT2D eigenvalue weighted by Crippen LogP contribution is -2.30. The van der Waals surface area contributed by atoms with Crippen LogP contribution in [0.3, 0.4) is 0 Å². The summed E-state index contributed by atoms with van der Waals surface area (Å²) in [6.45, 7) is 5.40. The second-order valence-corrected chi connectivity index (χ2v) is 8.23. The zero-order valence-electron chi connectivity index (χ0n) is 15.6. The molecule has 5 nitrogen and oxygen atoms in total. The Bertz CT molecular complexity index is 591. The van der Waals surface area contributed by atoms with Gasteiger partial charge in [-0.2, -0.15) is 0 Å². The largest absolute Gasteiger partial charge is 0.469 e. The summed E-state index contributed by atoms with van der Waals surface area (Å²) in [7, 11) is 1.38. The average molecular weight is 398 g/mol. The third-order valence-electron chi connectivity index (χ3n) is 3.82. The number of esters is 1. The van der Waals surface area contributed by atoms with Crippen molar-refractivity contribution in [3.63, 3.8) is 0 Å². The number of hydrogen-bond acceptors (Lipinski definition) is 6. The molecule has 26 heavy (non-hydrogen) atoms. The van der Waals surface area contributed by atoms with Gasteiger partial charge in [-0.05, 0) is 25.5 Å². The lowest BCUT2D eigenvalue weighted by molar-refractivity contribution is -0.140. The molecule has 0 bridgehead atoms. The molecule has 0 N–H and O–H groups in total. The number of amides is 1. The van der Waals surface area contributed by atoms with Crippen molar-refractivity contribution in [3.8, 4) is 0 Å². The van der Waals surface area contributed by atoms with Gasteiger partial charge in [-0.15, -0.1) is 23.5 Å². The van der Waals surface area contributed by atoms with Gasteiger partial charge in [-0.3, -0.25) is 14.4 Å². The van der Waals surface area contributed by atoms with Crippen LogP contribution in [0.15, 0.2) is 24.3 Å². The lowest BCUT2D eigenvalue weighted by Gasteiger charge is -2.20. The van der Waals surface area contributed by atoms with Gasteiger partial charge >= 0.3 is 5.97 Å². The van der Waals surface area contributed by atoms with Gasteiger partial charge in [0.15, 0.2) is 0 Å². The summed E-state index contributed by atoms with van der Waals surface area (Å²) in [5.74, 6) is 1.23. The molecule has 1 atom stereocenters. The standard InChI is InChI=1S/C19H27NO4S2/c1-4-20(5-2)17(22)9-11-25-19(26-12-10-18(23)24-3)16-8-6-7-15(13-16)14-21/h6-8,13-14,19H,4-5,9-12H2,1-3H3. The number of nitrogens with zero attached hydrogens (tertiary/aromatic N) is 1. The highest BCUT2D eigenvalue weighted by atomic mass is 32.2. The van der Waals surface area contributed by atoms with E-state index in [1.807, 2.05) is 36.9 Å². The fraction of sp³-hybridized carbons (Fsp3) is 0.526. The van der Waals surface area contributed by atoms with E-state index in [0.29, 0.717) is 29.9 Å². The highest BCUT2D eigenvalue weighted by Crippen LogP contribution is 2.40. The minimum atomic E-state index is -0.236. The third-order valence-corrected chi connectivity index (χ3v) is 6.67. The first kappa shape index (κ1) is 22.6. The van der Waals surface area contributed by atoms with Crippen LogP contribution < -0.4 is 0 Å². The lowest BCUT2D eigenvalue weighted by atomic mass is 10.2. The smallest absolute Gasteiger partial charge is 0.306 e. The maximum absolute atomic E-state index is 12.2. The summed E-state index contributed by atoms with van der Waals surface area (Å²) >= 11 is 3.30. The van der Waals surface area contributed by atoms with E-state index in [1.165, 1.54) is 7.11 Å². The Morgan fingerprint density at radius 3 is 2.38 bits per heavy atom. The first-order chi connectivity index (χ1) is 12.5. The van der Waals surface area contributed by atoms with Crippen LogP contribution in [0.4, 0.5) is 0 Å². The summed E-state index contributed by atoms with van der Waals surface area (Å²) in [5, 5.41) is 0. The molecule has 1 amide bonds. The molecular weight excluding hydrogens is 370 g/mol. The van der Waals surface area contributed by atoms with Crippen LogP contribution in [-0.2, 0) is 14.3 Å². The zero-order chi connectivity index (χ0) is 19.4. The third kappa shape index (κ3) is 7.83. The van der Waals surface area contributed by atoms with Crippen molar-refractivity contribution in [2.45, 2.75) is 31.3 Å². The topological polar surface area (TPSA) is 63.7 Å². The Kier molecular flexibility index (Phi) is 11.1. The van der Waals surface area contributed by atoms with Gasteiger partial charge in [-0.25, -0.2) is 0 Å². The quantitative estimate of drug-likeness (QED) is 0.304. The fourth-order valence-electron chi connectivity index (χ4n) is 2.36. The summed E-state index contributed by atoms with van der Waals surface area (Å²) < 4.78 is 4.74. The van der Waals surface area contributed by atoms with Crippen LogP contribution in [0.25, 0.3) is 0 Å². The number of carbonyl (C=O) groups excluding carboxylic acids is 3. The van der Waals surface area contributed by atoms with Crippen molar-refractivity contribution < 1.29 is 19.1 Å². The molecule has 7 heteroatoms. The van der Waals surface area contributed by atoms with Crippen molar-refractivity contribution in [1.82, 2.24) is 4.90 Å². The van der Waals surface area contributed by atoms with Crippen molar-refractivity contribution in [2.24, 2.45) is 0 Å². The molecule has 0 aliphatic carbocycles. The normalized spacial score (nSPS) is 11.7. The van der Waals surface area contributed by atoms with E-state index >= 15 is 0 Å². The molecule has 0 heterocycles. The first-order valence-corrected chi connectivity index (χ1v) is 10.8. The van der Waals surface area contributed by atoms with Gasteiger partial charge < -0.3 is 9.64 Å². The summed E-state index contributed by atoms with van der Waals surface area (Å²) in [4.78, 5) is 36.4. The molecule has 0 spiro atoms. The Hall–Kier alpha value is -1.47. The number of ether oxygens (including phenoxy) is 1. The predicted molar refractivity (Wildman–Crippen MR) is 109 cm³/mol. The summed E-state index contributed by atoms with van der Waals surface area (Å²) in [6.07, 6.45) is 1.64. The molecule has 0 aliphatic rings. The molecular formula is C19H27NO4S2. The number of thioether (sulfide) groups is 2. The van der Waals surface area contributed by atoms with Crippen LogP contribution in [0.1, 0.15) is 47.2 Å². The minimum absolute atomic E-state index is 0.0593. The Morgan fingerprint density at radius 2 is 1.81 bits per heavy atom. The molecule has 0 saturated heterocycles. The van der Waals surface area contributed by atoms with E-state index in [9.17, 15) is 14.4 Å². The van der Waals surface area contributed by atoms with E-state index in [2.05, 4.69) is 4.74 Å². The number of aldehydes is 1. The Balaban J connectivity index is 2.69. The molecule has 1 aromatic rings. The van der Waals surface area contributed by atoms with E-state index in [0.717, 1.165) is 24.9 Å². The van der Waals surface area contributed by atoms with Gasteiger partial charge in [0.1, 0.15) is 6.29 Å². The van der Waals surface area contributed by atoms with E-state index in [1.54, 1.807) is 29.6 Å². The molecule has 0 saturated carbocycles. The highest BCUT2D eigenvalue weighted by molar-refractivity contribution is 8.16. The first-order valence-electron chi connectivity index (χ1n) is 8.68. The van der Waals surface area contributed by atoms with E-state index < -0.39 is 0 Å².